The molecule has 6 aromatic rings. The number of hydrogen-bond donors (Lipinski definition) is 3. The van der Waals surface area contributed by atoms with E-state index in [1.165, 1.54) is 44.5 Å². The molecule has 0 saturated carbocycles. The summed E-state index contributed by atoms with van der Waals surface area (Å²) >= 11 is -1.44. The van der Waals surface area contributed by atoms with Crippen molar-refractivity contribution in [3.63, 3.8) is 0 Å². The summed E-state index contributed by atoms with van der Waals surface area (Å²) in [5.74, 6) is 0.0995. The Labute approximate surface area is 382 Å². The van der Waals surface area contributed by atoms with Gasteiger partial charge < -0.3 is 30.0 Å². The van der Waals surface area contributed by atoms with Gasteiger partial charge in [0.1, 0.15) is 19.5 Å². The van der Waals surface area contributed by atoms with E-state index in [0.29, 0.717) is 25.3 Å². The van der Waals surface area contributed by atoms with Gasteiger partial charge in [0.15, 0.2) is 0 Å². The fourth-order valence-corrected chi connectivity index (χ4v) is 7.68. The SMILES string of the molecule is CC.O=C(NCc1cccc(CO)c1)OCC1c2ccccc2-c2ccccc21.O=Cc1cccc(CNC(=O)OCC2c3ccccc3-c3ccccc32)c1.[2H]C1CCCO1.[O]=[Mn]=[O]. The third-order valence-corrected chi connectivity index (χ3v) is 10.5. The molecule has 0 spiro atoms. The van der Waals surface area contributed by atoms with Crippen molar-refractivity contribution in [1.29, 1.82) is 0 Å². The molecule has 1 heterocycles. The Hall–Kier alpha value is -6.43. The molecule has 2 amide bonds. The Morgan fingerprint density at radius 2 is 1.05 bits per heavy atom. The van der Waals surface area contributed by atoms with Gasteiger partial charge in [-0.15, -0.1) is 0 Å². The van der Waals surface area contributed by atoms with Gasteiger partial charge in [0.05, 0.1) is 7.98 Å². The number of rotatable bonds is 10. The summed E-state index contributed by atoms with van der Waals surface area (Å²) in [7, 11) is 0. The van der Waals surface area contributed by atoms with E-state index in [4.69, 9.17) is 23.3 Å². The van der Waals surface area contributed by atoms with Crippen LogP contribution in [0.15, 0.2) is 146 Å². The van der Waals surface area contributed by atoms with E-state index < -0.39 is 27.0 Å². The molecule has 1 saturated heterocycles. The number of carbonyl (C=O) groups excluding carboxylic acids is 3. The van der Waals surface area contributed by atoms with E-state index in [-0.39, 0.29) is 31.6 Å². The van der Waals surface area contributed by atoms with E-state index in [0.717, 1.165) is 42.4 Å². The Morgan fingerprint density at radius 3 is 1.42 bits per heavy atom. The fourth-order valence-electron chi connectivity index (χ4n) is 7.68. The molecule has 1 fully saturated rings. The van der Waals surface area contributed by atoms with Crippen molar-refractivity contribution >= 4 is 18.5 Å². The van der Waals surface area contributed by atoms with Gasteiger partial charge in [0, 0.05) is 43.7 Å². The molecule has 1 aliphatic heterocycles. The second-order valence-electron chi connectivity index (χ2n) is 14.4. The van der Waals surface area contributed by atoms with Crippen molar-refractivity contribution in [2.75, 3.05) is 26.4 Å². The normalized spacial score (nSPS) is 13.9. The number of fused-ring (bicyclic) bond motifs is 6. The summed E-state index contributed by atoms with van der Waals surface area (Å²) in [6, 6.07) is 47.6. The van der Waals surface area contributed by atoms with Crippen LogP contribution in [-0.4, -0.2) is 50.0 Å². The zero-order valence-corrected chi connectivity index (χ0v) is 37.1. The Bertz CT molecular complexity index is 2430. The maximum absolute atomic E-state index is 12.2. The number of hydrogen-bond acceptors (Lipinski definition) is 9. The van der Waals surface area contributed by atoms with Gasteiger partial charge in [-0.2, -0.15) is 0 Å². The van der Waals surface area contributed by atoms with Crippen LogP contribution in [-0.2, 0) is 56.4 Å². The van der Waals surface area contributed by atoms with Gasteiger partial charge in [-0.3, -0.25) is 4.79 Å². The average Bonchev–Trinajstić information content (AvgIpc) is 4.07. The molecular weight excluding hydrogens is 852 g/mol. The molecular formula is C52H54MnN2O9. The zero-order chi connectivity index (χ0) is 46.4. The van der Waals surface area contributed by atoms with Crippen LogP contribution < -0.4 is 10.6 Å². The first-order valence-corrected chi connectivity index (χ1v) is 22.1. The quantitative estimate of drug-likeness (QED) is 0.0899. The Kier molecular flexibility index (Phi) is 19.3. The summed E-state index contributed by atoms with van der Waals surface area (Å²) in [5, 5.41) is 14.7. The second kappa shape index (κ2) is 26.3. The number of ether oxygens (including phenoxy) is 3. The molecule has 1 atom stereocenters. The van der Waals surface area contributed by atoms with E-state index in [1.54, 1.807) is 18.2 Å². The van der Waals surface area contributed by atoms with Crippen LogP contribution in [0.3, 0.4) is 0 Å². The summed E-state index contributed by atoms with van der Waals surface area (Å²) in [6.07, 6.45) is 1.89. The molecule has 3 N–H and O–H groups in total. The molecule has 0 bridgehead atoms. The van der Waals surface area contributed by atoms with Gasteiger partial charge >= 0.3 is 34.7 Å². The third-order valence-electron chi connectivity index (χ3n) is 10.5. The minimum atomic E-state index is -1.44. The van der Waals surface area contributed by atoms with Gasteiger partial charge in [-0.25, -0.2) is 9.59 Å². The Morgan fingerprint density at radius 1 is 0.641 bits per heavy atom. The standard InChI is InChI=1S/C23H21NO3.C23H19NO3.C4H8O.C2H6.Mn.2O/c2*25-14-17-7-5-6-16(12-17)13-24-23(26)27-15-22-20-10-3-1-8-18(20)19-9-2-4-11-21(19)22;1-2-4-5-3-1;1-2;;;/h1-12,22,25H,13-15H2,(H,24,26);1-12,14,22H,13,15H2,(H,24,26);1-4H2;1-2H3;;;/i;;3D;;;;. The molecule has 2 aliphatic carbocycles. The van der Waals surface area contributed by atoms with Crippen LogP contribution in [0.5, 0.6) is 0 Å². The van der Waals surface area contributed by atoms with Gasteiger partial charge in [0.2, 0.25) is 0 Å². The number of carbonyl (C=O) groups is 3. The number of aliphatic hydroxyl groups is 1. The number of nitrogens with one attached hydrogen (secondary N) is 2. The Balaban J connectivity index is 0.000000199. The molecule has 1 unspecified atom stereocenters. The van der Waals surface area contributed by atoms with Crippen molar-refractivity contribution in [3.8, 4) is 22.3 Å². The first-order chi connectivity index (χ1) is 31.8. The van der Waals surface area contributed by atoms with E-state index in [9.17, 15) is 19.5 Å². The summed E-state index contributed by atoms with van der Waals surface area (Å²) in [4.78, 5) is 35.2. The first kappa shape index (κ1) is 47.1. The van der Waals surface area contributed by atoms with Crippen molar-refractivity contribution in [2.45, 2.75) is 58.2 Å². The monoisotopic (exact) mass is 906 g/mol. The van der Waals surface area contributed by atoms with Crippen molar-refractivity contribution in [2.24, 2.45) is 0 Å². The molecule has 333 valence electrons. The van der Waals surface area contributed by atoms with Crippen LogP contribution >= 0.6 is 0 Å². The van der Waals surface area contributed by atoms with Crippen molar-refractivity contribution < 1.29 is 57.6 Å². The van der Waals surface area contributed by atoms with Gasteiger partial charge in [0.25, 0.3) is 0 Å². The van der Waals surface area contributed by atoms with Gasteiger partial charge in [-0.05, 0) is 80.1 Å². The predicted molar refractivity (Wildman–Crippen MR) is 241 cm³/mol. The van der Waals surface area contributed by atoms with E-state index in [2.05, 4.69) is 59.2 Å². The molecule has 64 heavy (non-hydrogen) atoms. The van der Waals surface area contributed by atoms with E-state index in [1.807, 2.05) is 92.7 Å². The maximum atomic E-state index is 12.2. The topological polar surface area (TPSA) is 157 Å². The average molecular weight is 907 g/mol. The molecule has 9 rings (SSSR count). The van der Waals surface area contributed by atoms with Gasteiger partial charge in [-0.1, -0.05) is 153 Å². The minimum absolute atomic E-state index is 0.0151. The van der Waals surface area contributed by atoms with E-state index >= 15 is 0 Å². The summed E-state index contributed by atoms with van der Waals surface area (Å²) in [6.45, 7) is 5.85. The first-order valence-electron chi connectivity index (χ1n) is 21.7. The molecule has 0 radical (unpaired) electrons. The van der Waals surface area contributed by atoms with Crippen LogP contribution in [0.25, 0.3) is 22.3 Å². The zero-order valence-electron chi connectivity index (χ0n) is 36.9. The number of amides is 2. The fraction of sp³-hybridized carbons (Fsp3) is 0.250. The van der Waals surface area contributed by atoms with Crippen LogP contribution in [0.2, 0.25) is 0 Å². The molecule has 11 nitrogen and oxygen atoms in total. The van der Waals surface area contributed by atoms with Crippen LogP contribution in [0.4, 0.5) is 9.59 Å². The van der Waals surface area contributed by atoms with Crippen LogP contribution in [0.1, 0.15) is 89.2 Å². The molecule has 3 aliphatic rings. The summed E-state index contributed by atoms with van der Waals surface area (Å²) < 4.78 is 39.6. The number of alkyl carbamates (subject to hydrolysis) is 2. The number of aliphatic hydroxyl groups excluding tert-OH is 1. The summed E-state index contributed by atoms with van der Waals surface area (Å²) in [5.41, 5.74) is 12.8. The predicted octanol–water partition coefficient (Wildman–Crippen LogP) is 10.3. The molecule has 6 aromatic carbocycles. The van der Waals surface area contributed by atoms with Crippen molar-refractivity contribution in [3.05, 3.63) is 190 Å². The molecule has 12 heteroatoms. The van der Waals surface area contributed by atoms with Crippen molar-refractivity contribution in [1.82, 2.24) is 10.6 Å². The number of benzene rings is 6. The van der Waals surface area contributed by atoms with Crippen LogP contribution in [0, 0.1) is 0 Å². The third kappa shape index (κ3) is 13.5. The second-order valence-corrected chi connectivity index (χ2v) is 14.6. The molecule has 0 aromatic heterocycles. The number of aldehydes is 1.